The zero-order valence-corrected chi connectivity index (χ0v) is 27.9. The molecule has 0 aliphatic carbocycles. The van der Waals surface area contributed by atoms with Crippen LogP contribution in [0.1, 0.15) is 0 Å². The number of fused-ring (bicyclic) bond motifs is 1. The average Bonchev–Trinajstić information content (AvgIpc) is 3.61. The van der Waals surface area contributed by atoms with Crippen molar-refractivity contribution in [3.05, 3.63) is 200 Å². The minimum atomic E-state index is 0.703. The van der Waals surface area contributed by atoms with Gasteiger partial charge in [0.25, 0.3) is 0 Å². The van der Waals surface area contributed by atoms with Gasteiger partial charge in [-0.1, -0.05) is 158 Å². The average molecular weight is 652 g/mol. The molecule has 0 atom stereocenters. The van der Waals surface area contributed by atoms with Crippen LogP contribution in [0.3, 0.4) is 0 Å². The number of nitrogens with zero attached hydrogens (tertiary/aromatic N) is 3. The molecule has 0 bridgehead atoms. The van der Waals surface area contributed by atoms with Gasteiger partial charge in [0.1, 0.15) is 0 Å². The summed E-state index contributed by atoms with van der Waals surface area (Å²) in [6.07, 6.45) is 2.27. The fourth-order valence-corrected chi connectivity index (χ4v) is 6.84. The van der Waals surface area contributed by atoms with Crippen molar-refractivity contribution in [3.8, 4) is 73.0 Å². The van der Waals surface area contributed by atoms with Crippen molar-refractivity contribution in [3.63, 3.8) is 0 Å². The van der Waals surface area contributed by atoms with Crippen LogP contribution in [0.5, 0.6) is 0 Å². The number of aromatic nitrogens is 3. The smallest absolute Gasteiger partial charge is 0.160 e. The van der Waals surface area contributed by atoms with Gasteiger partial charge in [0.05, 0.1) is 16.9 Å². The van der Waals surface area contributed by atoms with Crippen molar-refractivity contribution in [2.45, 2.75) is 0 Å². The van der Waals surface area contributed by atoms with E-state index in [9.17, 15) is 0 Å². The second-order valence-electron chi connectivity index (χ2n) is 12.7. The van der Waals surface area contributed by atoms with Crippen LogP contribution in [0.2, 0.25) is 0 Å². The van der Waals surface area contributed by atoms with Gasteiger partial charge in [0.2, 0.25) is 0 Å². The summed E-state index contributed by atoms with van der Waals surface area (Å²) in [5, 5.41) is 1.20. The zero-order chi connectivity index (χ0) is 34.0. The quantitative estimate of drug-likeness (QED) is 0.172. The van der Waals surface area contributed by atoms with Crippen LogP contribution in [-0.4, -0.2) is 14.5 Å². The summed E-state index contributed by atoms with van der Waals surface area (Å²) in [4.78, 5) is 10.2. The lowest BCUT2D eigenvalue weighted by atomic mass is 9.97. The molecule has 0 saturated heterocycles. The molecule has 0 saturated carbocycles. The van der Waals surface area contributed by atoms with Crippen LogP contribution in [-0.2, 0) is 0 Å². The summed E-state index contributed by atoms with van der Waals surface area (Å²) >= 11 is 0. The summed E-state index contributed by atoms with van der Waals surface area (Å²) in [7, 11) is 0. The highest BCUT2D eigenvalue weighted by molar-refractivity contribution is 6.00. The first-order valence-electron chi connectivity index (χ1n) is 17.2. The van der Waals surface area contributed by atoms with Crippen LogP contribution in [0.4, 0.5) is 0 Å². The summed E-state index contributed by atoms with van der Waals surface area (Å²) in [5.74, 6) is 0.703. The molecule has 0 aliphatic rings. The first kappa shape index (κ1) is 30.2. The first-order valence-corrected chi connectivity index (χ1v) is 17.2. The molecule has 2 heterocycles. The third kappa shape index (κ3) is 6.03. The van der Waals surface area contributed by atoms with Gasteiger partial charge in [-0.05, 0) is 64.2 Å². The molecular weight excluding hydrogens is 619 g/mol. The van der Waals surface area contributed by atoms with Gasteiger partial charge in [-0.3, -0.25) is 0 Å². The fourth-order valence-electron chi connectivity index (χ4n) is 6.84. The van der Waals surface area contributed by atoms with Crippen molar-refractivity contribution in [2.24, 2.45) is 0 Å². The Balaban J connectivity index is 1.18. The van der Waals surface area contributed by atoms with E-state index < -0.39 is 0 Å². The predicted octanol–water partition coefficient (Wildman–Crippen LogP) is 12.4. The number of hydrogen-bond donors (Lipinski definition) is 0. The Kier molecular flexibility index (Phi) is 7.84. The van der Waals surface area contributed by atoms with E-state index in [2.05, 4.69) is 181 Å². The predicted molar refractivity (Wildman–Crippen MR) is 211 cm³/mol. The topological polar surface area (TPSA) is 30.7 Å². The van der Waals surface area contributed by atoms with Crippen LogP contribution in [0.15, 0.2) is 200 Å². The summed E-state index contributed by atoms with van der Waals surface area (Å²) in [6, 6.07) is 68.1. The number of rotatable bonds is 7. The van der Waals surface area contributed by atoms with Gasteiger partial charge in [-0.15, -0.1) is 0 Å². The van der Waals surface area contributed by atoms with E-state index in [1.54, 1.807) is 0 Å². The van der Waals surface area contributed by atoms with Crippen LogP contribution in [0, 0.1) is 0 Å². The van der Waals surface area contributed by atoms with Crippen molar-refractivity contribution in [1.82, 2.24) is 14.5 Å². The molecule has 0 fully saturated rings. The van der Waals surface area contributed by atoms with Gasteiger partial charge < -0.3 is 4.57 Å². The normalized spacial score (nSPS) is 11.1. The highest BCUT2D eigenvalue weighted by Crippen LogP contribution is 2.37. The Bertz CT molecular complexity index is 2590. The Hall–Kier alpha value is -6.84. The third-order valence-corrected chi connectivity index (χ3v) is 9.46. The molecule has 51 heavy (non-hydrogen) atoms. The molecule has 2 aromatic heterocycles. The molecule has 0 amide bonds. The van der Waals surface area contributed by atoms with Crippen LogP contribution >= 0.6 is 0 Å². The molecule has 7 aromatic carbocycles. The van der Waals surface area contributed by atoms with E-state index >= 15 is 0 Å². The number of para-hydroxylation sites is 1. The summed E-state index contributed by atoms with van der Waals surface area (Å²) in [5.41, 5.74) is 14.2. The number of hydrogen-bond acceptors (Lipinski definition) is 2. The van der Waals surface area contributed by atoms with Gasteiger partial charge in [-0.25, -0.2) is 9.97 Å². The van der Waals surface area contributed by atoms with E-state index in [4.69, 9.17) is 9.97 Å². The van der Waals surface area contributed by atoms with E-state index in [1.807, 2.05) is 24.3 Å². The van der Waals surface area contributed by atoms with Crippen LogP contribution < -0.4 is 0 Å². The van der Waals surface area contributed by atoms with Crippen molar-refractivity contribution in [1.29, 1.82) is 0 Å². The molecule has 240 valence electrons. The van der Waals surface area contributed by atoms with Crippen molar-refractivity contribution in [2.75, 3.05) is 0 Å². The maximum atomic E-state index is 5.15. The Labute approximate surface area is 297 Å². The molecule has 0 unspecified atom stereocenters. The van der Waals surface area contributed by atoms with Gasteiger partial charge in [-0.2, -0.15) is 0 Å². The number of benzene rings is 7. The molecule has 3 heteroatoms. The minimum absolute atomic E-state index is 0.703. The van der Waals surface area contributed by atoms with Gasteiger partial charge >= 0.3 is 0 Å². The van der Waals surface area contributed by atoms with Crippen LogP contribution in [0.25, 0.3) is 83.9 Å². The first-order chi connectivity index (χ1) is 25.3. The molecule has 0 aliphatic heterocycles. The largest absolute Gasteiger partial charge is 0.316 e. The van der Waals surface area contributed by atoms with Crippen molar-refractivity contribution < 1.29 is 0 Å². The molecule has 0 spiro atoms. The third-order valence-electron chi connectivity index (χ3n) is 9.46. The standard InChI is InChI=1S/C48H33N3/c1-5-14-34(15-6-1)36-24-26-37(27-25-36)45-32-46(50-48(49-45)38-18-9-3-10-19-38)41-21-13-20-40(30-41)44-33-51(42-22-11-4-12-23-42)47-29-28-39(31-43(44)47)35-16-7-2-8-17-35/h1-33H. The monoisotopic (exact) mass is 651 g/mol. The van der Waals surface area contributed by atoms with E-state index in [0.29, 0.717) is 5.82 Å². The van der Waals surface area contributed by atoms with E-state index in [1.165, 1.54) is 33.2 Å². The Morgan fingerprint density at radius 2 is 0.824 bits per heavy atom. The molecule has 0 radical (unpaired) electrons. The SMILES string of the molecule is c1ccc(-c2ccc(-c3cc(-c4cccc(-c5cn(-c6ccccc6)c6ccc(-c7ccccc7)cc56)c4)nc(-c4ccccc4)n3)cc2)cc1. The molecule has 0 N–H and O–H groups in total. The lowest BCUT2D eigenvalue weighted by molar-refractivity contribution is 1.13. The van der Waals surface area contributed by atoms with E-state index in [0.717, 1.165) is 44.8 Å². The minimum Gasteiger partial charge on any atom is -0.316 e. The van der Waals surface area contributed by atoms with Gasteiger partial charge in [0, 0.05) is 39.5 Å². The second kappa shape index (κ2) is 13.2. The summed E-state index contributed by atoms with van der Waals surface area (Å²) < 4.78 is 2.29. The maximum absolute atomic E-state index is 5.15. The van der Waals surface area contributed by atoms with Crippen molar-refractivity contribution >= 4 is 10.9 Å². The Morgan fingerprint density at radius 3 is 1.49 bits per heavy atom. The second-order valence-corrected chi connectivity index (χ2v) is 12.7. The highest BCUT2D eigenvalue weighted by Gasteiger charge is 2.16. The van der Waals surface area contributed by atoms with E-state index in [-0.39, 0.29) is 0 Å². The highest BCUT2D eigenvalue weighted by atomic mass is 15.0. The zero-order valence-electron chi connectivity index (χ0n) is 27.9. The van der Waals surface area contributed by atoms with Gasteiger partial charge in [0.15, 0.2) is 5.82 Å². The molecule has 3 nitrogen and oxygen atoms in total. The molecule has 9 rings (SSSR count). The summed E-state index contributed by atoms with van der Waals surface area (Å²) in [6.45, 7) is 0. The molecular formula is C48H33N3. The lowest BCUT2D eigenvalue weighted by Crippen LogP contribution is -1.96. The maximum Gasteiger partial charge on any atom is 0.160 e. The molecule has 9 aromatic rings. The Morgan fingerprint density at radius 1 is 0.333 bits per heavy atom. The fraction of sp³-hybridized carbons (Fsp3) is 0. The lowest BCUT2D eigenvalue weighted by Gasteiger charge is -2.11.